The van der Waals surface area contributed by atoms with Gasteiger partial charge in [-0.3, -0.25) is 14.9 Å². The molecule has 134 valence electrons. The first kappa shape index (κ1) is 17.4. The van der Waals surface area contributed by atoms with E-state index in [1.54, 1.807) is 30.5 Å². The fourth-order valence-corrected chi connectivity index (χ4v) is 2.62. The average molecular weight is 355 g/mol. The van der Waals surface area contributed by atoms with E-state index in [0.717, 1.165) is 5.52 Å². The van der Waals surface area contributed by atoms with Gasteiger partial charge in [-0.25, -0.2) is 4.98 Å². The highest BCUT2D eigenvalue weighted by molar-refractivity contribution is 5.84. The highest BCUT2D eigenvalue weighted by atomic mass is 16.6. The minimum Gasteiger partial charge on any atom is -0.465 e. The normalized spacial score (nSPS) is 10.7. The number of hydrogen-bond acceptors (Lipinski definition) is 6. The summed E-state index contributed by atoms with van der Waals surface area (Å²) in [4.78, 5) is 26.6. The first-order valence-corrected chi connectivity index (χ1v) is 8.03. The molecule has 0 radical (unpaired) electrons. The molecule has 0 aliphatic rings. The Morgan fingerprint density at radius 3 is 2.62 bits per heavy atom. The van der Waals surface area contributed by atoms with Crippen LogP contribution in [0.25, 0.3) is 11.0 Å². The third kappa shape index (κ3) is 3.49. The summed E-state index contributed by atoms with van der Waals surface area (Å²) in [5, 5.41) is 10.7. The van der Waals surface area contributed by atoms with E-state index in [1.165, 1.54) is 24.3 Å². The number of benzene rings is 2. The number of ether oxygens (including phenoxy) is 2. The van der Waals surface area contributed by atoms with E-state index in [2.05, 4.69) is 4.98 Å². The summed E-state index contributed by atoms with van der Waals surface area (Å²) in [5.41, 5.74) is 1.34. The van der Waals surface area contributed by atoms with Crippen molar-refractivity contribution in [1.82, 2.24) is 9.55 Å². The lowest BCUT2D eigenvalue weighted by atomic mass is 10.2. The predicted molar refractivity (Wildman–Crippen MR) is 94.3 cm³/mol. The molecule has 0 saturated carbocycles. The lowest BCUT2D eigenvalue weighted by Crippen LogP contribution is -2.14. The molecule has 0 saturated heterocycles. The van der Waals surface area contributed by atoms with Crippen LogP contribution in [0, 0.1) is 17.0 Å². The fourth-order valence-electron chi connectivity index (χ4n) is 2.62. The van der Waals surface area contributed by atoms with Crippen molar-refractivity contribution in [3.63, 3.8) is 0 Å². The Bertz CT molecular complexity index is 963. The van der Waals surface area contributed by atoms with Crippen LogP contribution in [0.1, 0.15) is 12.7 Å². The van der Waals surface area contributed by atoms with Crippen molar-refractivity contribution in [2.45, 2.75) is 20.4 Å². The third-order valence-corrected chi connectivity index (χ3v) is 3.80. The van der Waals surface area contributed by atoms with E-state index in [9.17, 15) is 14.9 Å². The van der Waals surface area contributed by atoms with Gasteiger partial charge >= 0.3 is 5.97 Å². The number of nitro groups is 1. The number of nitrogens with zero attached hydrogens (tertiary/aromatic N) is 3. The van der Waals surface area contributed by atoms with Crippen LogP contribution in [0.15, 0.2) is 42.5 Å². The highest BCUT2D eigenvalue weighted by Crippen LogP contribution is 2.30. The zero-order valence-electron chi connectivity index (χ0n) is 14.3. The molecule has 0 N–H and O–H groups in total. The van der Waals surface area contributed by atoms with Gasteiger partial charge < -0.3 is 14.0 Å². The van der Waals surface area contributed by atoms with Gasteiger partial charge in [-0.1, -0.05) is 6.07 Å². The second-order valence-electron chi connectivity index (χ2n) is 5.53. The van der Waals surface area contributed by atoms with E-state index in [0.29, 0.717) is 29.4 Å². The maximum absolute atomic E-state index is 11.8. The molecule has 2 aromatic carbocycles. The number of non-ortho nitro benzene ring substituents is 1. The van der Waals surface area contributed by atoms with Gasteiger partial charge in [0.1, 0.15) is 23.6 Å². The van der Waals surface area contributed by atoms with Crippen molar-refractivity contribution in [2.75, 3.05) is 6.61 Å². The number of aryl methyl sites for hydroxylation is 1. The number of aromatic nitrogens is 2. The summed E-state index contributed by atoms with van der Waals surface area (Å²) in [6.45, 7) is 3.94. The van der Waals surface area contributed by atoms with Crippen LogP contribution in [0.2, 0.25) is 0 Å². The Morgan fingerprint density at radius 1 is 1.23 bits per heavy atom. The van der Waals surface area contributed by atoms with Gasteiger partial charge in [0.05, 0.1) is 17.0 Å². The molecule has 0 atom stereocenters. The second-order valence-corrected chi connectivity index (χ2v) is 5.53. The molecular formula is C18H17N3O5. The summed E-state index contributed by atoms with van der Waals surface area (Å²) in [6, 6.07) is 11.2. The first-order valence-electron chi connectivity index (χ1n) is 8.03. The van der Waals surface area contributed by atoms with Crippen LogP contribution in [-0.4, -0.2) is 27.1 Å². The van der Waals surface area contributed by atoms with Gasteiger partial charge in [0.25, 0.3) is 5.69 Å². The Kier molecular flexibility index (Phi) is 4.83. The molecule has 0 aliphatic carbocycles. The lowest BCUT2D eigenvalue weighted by molar-refractivity contribution is -0.384. The van der Waals surface area contributed by atoms with Crippen LogP contribution >= 0.6 is 0 Å². The number of para-hydroxylation sites is 1. The van der Waals surface area contributed by atoms with E-state index in [-0.39, 0.29) is 18.2 Å². The number of hydrogen-bond donors (Lipinski definition) is 0. The molecule has 0 unspecified atom stereocenters. The van der Waals surface area contributed by atoms with Crippen LogP contribution in [-0.2, 0) is 16.1 Å². The summed E-state index contributed by atoms with van der Waals surface area (Å²) in [5.74, 6) is 1.28. The van der Waals surface area contributed by atoms with Gasteiger partial charge in [0.15, 0.2) is 5.75 Å². The lowest BCUT2D eigenvalue weighted by Gasteiger charge is -2.08. The first-order chi connectivity index (χ1) is 12.5. The van der Waals surface area contributed by atoms with Crippen molar-refractivity contribution in [3.8, 4) is 11.5 Å². The van der Waals surface area contributed by atoms with E-state index < -0.39 is 4.92 Å². The largest absolute Gasteiger partial charge is 0.465 e. The smallest absolute Gasteiger partial charge is 0.326 e. The molecular weight excluding hydrogens is 338 g/mol. The highest BCUT2D eigenvalue weighted by Gasteiger charge is 2.15. The molecule has 3 rings (SSSR count). The molecule has 8 heteroatoms. The van der Waals surface area contributed by atoms with E-state index >= 15 is 0 Å². The van der Waals surface area contributed by atoms with Gasteiger partial charge in [0.2, 0.25) is 0 Å². The van der Waals surface area contributed by atoms with Gasteiger partial charge in [-0.05, 0) is 38.1 Å². The number of imidazole rings is 1. The quantitative estimate of drug-likeness (QED) is 0.381. The maximum Gasteiger partial charge on any atom is 0.326 e. The number of nitro benzene ring substituents is 1. The Hall–Kier alpha value is -3.42. The summed E-state index contributed by atoms with van der Waals surface area (Å²) in [7, 11) is 0. The SMILES string of the molecule is CCOC(=O)Cn1c(C)nc2c(Oc3ccc([N+](=O)[O-])cc3)cccc21. The molecule has 0 fully saturated rings. The van der Waals surface area contributed by atoms with E-state index in [4.69, 9.17) is 9.47 Å². The standard InChI is InChI=1S/C18H17N3O5/c1-3-25-17(22)11-20-12(2)19-18-15(20)5-4-6-16(18)26-14-9-7-13(8-10-14)21(23)24/h4-10H,3,11H2,1-2H3. The maximum atomic E-state index is 11.8. The summed E-state index contributed by atoms with van der Waals surface area (Å²) < 4.78 is 12.6. The topological polar surface area (TPSA) is 96.5 Å². The van der Waals surface area contributed by atoms with E-state index in [1.807, 2.05) is 6.07 Å². The number of carbonyl (C=O) groups is 1. The zero-order valence-corrected chi connectivity index (χ0v) is 14.3. The summed E-state index contributed by atoms with van der Waals surface area (Å²) >= 11 is 0. The minimum absolute atomic E-state index is 0.00915. The molecule has 1 heterocycles. The molecule has 8 nitrogen and oxygen atoms in total. The van der Waals surface area contributed by atoms with Crippen LogP contribution in [0.4, 0.5) is 5.69 Å². The number of rotatable bonds is 6. The second kappa shape index (κ2) is 7.22. The number of esters is 1. The molecule has 1 aromatic heterocycles. The number of fused-ring (bicyclic) bond motifs is 1. The van der Waals surface area contributed by atoms with Crippen molar-refractivity contribution in [1.29, 1.82) is 0 Å². The molecule has 0 spiro atoms. The van der Waals surface area contributed by atoms with Crippen molar-refractivity contribution < 1.29 is 19.2 Å². The van der Waals surface area contributed by atoms with Gasteiger partial charge in [0, 0.05) is 12.1 Å². The molecule has 3 aromatic rings. The molecule has 0 bridgehead atoms. The Morgan fingerprint density at radius 2 is 1.96 bits per heavy atom. The summed E-state index contributed by atoms with van der Waals surface area (Å²) in [6.07, 6.45) is 0. The molecule has 26 heavy (non-hydrogen) atoms. The average Bonchev–Trinajstić information content (AvgIpc) is 2.92. The van der Waals surface area contributed by atoms with Gasteiger partial charge in [-0.15, -0.1) is 0 Å². The molecule has 0 amide bonds. The predicted octanol–water partition coefficient (Wildman–Crippen LogP) is 3.61. The van der Waals surface area contributed by atoms with Crippen molar-refractivity contribution >= 4 is 22.7 Å². The Balaban J connectivity index is 1.92. The van der Waals surface area contributed by atoms with Crippen LogP contribution in [0.3, 0.4) is 0 Å². The molecule has 0 aliphatic heterocycles. The van der Waals surface area contributed by atoms with Crippen molar-refractivity contribution in [2.24, 2.45) is 0 Å². The third-order valence-electron chi connectivity index (χ3n) is 3.80. The van der Waals surface area contributed by atoms with Crippen LogP contribution in [0.5, 0.6) is 11.5 Å². The minimum atomic E-state index is -0.467. The van der Waals surface area contributed by atoms with Gasteiger partial charge in [-0.2, -0.15) is 0 Å². The number of carbonyl (C=O) groups excluding carboxylic acids is 1. The monoisotopic (exact) mass is 355 g/mol. The van der Waals surface area contributed by atoms with Crippen molar-refractivity contribution in [3.05, 3.63) is 58.4 Å². The Labute approximate surface area is 149 Å². The fraction of sp³-hybridized carbons (Fsp3) is 0.222. The van der Waals surface area contributed by atoms with Crippen LogP contribution < -0.4 is 4.74 Å². The zero-order chi connectivity index (χ0) is 18.7.